The Morgan fingerprint density at radius 3 is 2.80 bits per heavy atom. The zero-order valence-corrected chi connectivity index (χ0v) is 19.3. The lowest BCUT2D eigenvalue weighted by Crippen LogP contribution is -2.23. The van der Waals surface area contributed by atoms with Crippen LogP contribution in [0.4, 0.5) is 0 Å². The summed E-state index contributed by atoms with van der Waals surface area (Å²) in [4.78, 5) is 39.6. The molecular formula is C21H21ClN4O2S2. The molecule has 0 spiro atoms. The summed E-state index contributed by atoms with van der Waals surface area (Å²) in [6, 6.07) is 5.06. The van der Waals surface area contributed by atoms with Gasteiger partial charge in [0.05, 0.1) is 22.0 Å². The predicted octanol–water partition coefficient (Wildman–Crippen LogP) is 5.06. The third-order valence-electron chi connectivity index (χ3n) is 5.04. The van der Waals surface area contributed by atoms with Crippen molar-refractivity contribution in [2.75, 3.05) is 0 Å². The number of hydrogen-bond acceptors (Lipinski definition) is 6. The van der Waals surface area contributed by atoms with Crippen LogP contribution < -0.4 is 11.1 Å². The minimum absolute atomic E-state index is 0.00686. The van der Waals surface area contributed by atoms with Crippen LogP contribution in [0.3, 0.4) is 0 Å². The molecule has 0 atom stereocenters. The second-order valence-electron chi connectivity index (χ2n) is 7.13. The number of aryl methyl sites for hydroxylation is 2. The Kier molecular flexibility index (Phi) is 5.99. The summed E-state index contributed by atoms with van der Waals surface area (Å²) >= 11 is 8.94. The first-order chi connectivity index (χ1) is 14.4. The second kappa shape index (κ2) is 8.53. The topological polar surface area (TPSA) is 80.6 Å². The molecule has 1 N–H and O–H groups in total. The molecule has 0 aliphatic carbocycles. The summed E-state index contributed by atoms with van der Waals surface area (Å²) in [5.41, 5.74) is 1.38. The van der Waals surface area contributed by atoms with E-state index < -0.39 is 0 Å². The SMILES string of the molecule is CCCCn1c(SCc2nc3ccc(Cl)cc3c(=O)[nH]2)nc2sc(C)c(C)c2c1=O. The number of nitrogens with one attached hydrogen (secondary N) is 1. The monoisotopic (exact) mass is 460 g/mol. The molecule has 3 aromatic heterocycles. The molecule has 0 aliphatic rings. The van der Waals surface area contributed by atoms with Gasteiger partial charge in [-0.05, 0) is 44.0 Å². The zero-order valence-electron chi connectivity index (χ0n) is 16.9. The number of rotatable bonds is 6. The first-order valence-electron chi connectivity index (χ1n) is 9.70. The number of fused-ring (bicyclic) bond motifs is 2. The molecule has 0 amide bonds. The first kappa shape index (κ1) is 21.1. The average molecular weight is 461 g/mol. The van der Waals surface area contributed by atoms with E-state index in [0.29, 0.717) is 44.6 Å². The van der Waals surface area contributed by atoms with Gasteiger partial charge in [-0.3, -0.25) is 14.2 Å². The quantitative estimate of drug-likeness (QED) is 0.321. The maximum Gasteiger partial charge on any atom is 0.263 e. The van der Waals surface area contributed by atoms with Gasteiger partial charge >= 0.3 is 0 Å². The van der Waals surface area contributed by atoms with Gasteiger partial charge in [-0.1, -0.05) is 36.7 Å². The van der Waals surface area contributed by atoms with Gasteiger partial charge in [0.2, 0.25) is 0 Å². The van der Waals surface area contributed by atoms with E-state index >= 15 is 0 Å². The van der Waals surface area contributed by atoms with Crippen LogP contribution in [-0.4, -0.2) is 19.5 Å². The molecule has 0 radical (unpaired) electrons. The number of thiophene rings is 1. The number of benzene rings is 1. The van der Waals surface area contributed by atoms with Crippen molar-refractivity contribution in [2.24, 2.45) is 0 Å². The molecule has 0 fully saturated rings. The fourth-order valence-electron chi connectivity index (χ4n) is 3.29. The molecule has 3 heterocycles. The number of unbranched alkanes of at least 4 members (excludes halogenated alkanes) is 1. The summed E-state index contributed by atoms with van der Waals surface area (Å²) in [6.45, 7) is 6.71. The third-order valence-corrected chi connectivity index (χ3v) is 7.37. The predicted molar refractivity (Wildman–Crippen MR) is 125 cm³/mol. The van der Waals surface area contributed by atoms with Crippen LogP contribution in [0.2, 0.25) is 5.02 Å². The van der Waals surface area contributed by atoms with E-state index in [1.807, 2.05) is 13.8 Å². The lowest BCUT2D eigenvalue weighted by molar-refractivity contribution is 0.558. The van der Waals surface area contributed by atoms with Crippen LogP contribution >= 0.6 is 34.7 Å². The van der Waals surface area contributed by atoms with Gasteiger partial charge in [0.1, 0.15) is 10.7 Å². The largest absolute Gasteiger partial charge is 0.309 e. The molecule has 0 bridgehead atoms. The van der Waals surface area contributed by atoms with E-state index in [9.17, 15) is 9.59 Å². The molecule has 4 aromatic rings. The van der Waals surface area contributed by atoms with Crippen molar-refractivity contribution in [3.63, 3.8) is 0 Å². The lowest BCUT2D eigenvalue weighted by atomic mass is 10.2. The molecule has 156 valence electrons. The summed E-state index contributed by atoms with van der Waals surface area (Å²) in [6.07, 6.45) is 1.88. The van der Waals surface area contributed by atoms with Crippen molar-refractivity contribution in [3.8, 4) is 0 Å². The molecule has 0 unspecified atom stereocenters. The van der Waals surface area contributed by atoms with Crippen molar-refractivity contribution >= 4 is 55.8 Å². The summed E-state index contributed by atoms with van der Waals surface area (Å²) in [7, 11) is 0. The van der Waals surface area contributed by atoms with Crippen LogP contribution in [0.5, 0.6) is 0 Å². The van der Waals surface area contributed by atoms with Gasteiger partial charge in [0, 0.05) is 16.4 Å². The average Bonchev–Trinajstić information content (AvgIpc) is 3.00. The van der Waals surface area contributed by atoms with Crippen molar-refractivity contribution in [1.82, 2.24) is 19.5 Å². The smallest absolute Gasteiger partial charge is 0.263 e. The van der Waals surface area contributed by atoms with Gasteiger partial charge < -0.3 is 4.98 Å². The number of nitrogens with zero attached hydrogens (tertiary/aromatic N) is 3. The lowest BCUT2D eigenvalue weighted by Gasteiger charge is -2.12. The molecule has 6 nitrogen and oxygen atoms in total. The van der Waals surface area contributed by atoms with Crippen LogP contribution in [0.1, 0.15) is 36.0 Å². The fraction of sp³-hybridized carbons (Fsp3) is 0.333. The maximum atomic E-state index is 13.2. The minimum atomic E-state index is -0.227. The summed E-state index contributed by atoms with van der Waals surface area (Å²) < 4.78 is 1.76. The highest BCUT2D eigenvalue weighted by molar-refractivity contribution is 7.98. The standard InChI is InChI=1S/C21H21ClN4O2S2/c1-4-5-8-26-20(28)17-11(2)12(3)30-19(17)25-21(26)29-10-16-23-15-7-6-13(22)9-14(15)18(27)24-16/h6-7,9H,4-5,8,10H2,1-3H3,(H,23,24,27). The molecule has 0 aliphatic heterocycles. The molecule has 0 saturated heterocycles. The molecule has 0 saturated carbocycles. The number of hydrogen-bond donors (Lipinski definition) is 1. The fourth-order valence-corrected chi connectivity index (χ4v) is 5.43. The molecular weight excluding hydrogens is 440 g/mol. The number of halogens is 1. The van der Waals surface area contributed by atoms with E-state index in [0.717, 1.165) is 28.1 Å². The number of aromatic nitrogens is 4. The van der Waals surface area contributed by atoms with E-state index in [1.165, 1.54) is 11.8 Å². The van der Waals surface area contributed by atoms with Gasteiger partial charge in [0.15, 0.2) is 5.16 Å². The Labute approximate surface area is 186 Å². The number of aromatic amines is 1. The van der Waals surface area contributed by atoms with Gasteiger partial charge in [-0.25, -0.2) is 9.97 Å². The van der Waals surface area contributed by atoms with E-state index in [4.69, 9.17) is 16.6 Å². The maximum absolute atomic E-state index is 13.2. The summed E-state index contributed by atoms with van der Waals surface area (Å²) in [5, 5.41) is 2.32. The number of thioether (sulfide) groups is 1. The molecule has 9 heteroatoms. The molecule has 30 heavy (non-hydrogen) atoms. The number of H-pyrrole nitrogens is 1. The van der Waals surface area contributed by atoms with E-state index in [2.05, 4.69) is 16.9 Å². The van der Waals surface area contributed by atoms with Gasteiger partial charge in [-0.15, -0.1) is 11.3 Å². The van der Waals surface area contributed by atoms with Crippen molar-refractivity contribution in [2.45, 2.75) is 51.1 Å². The van der Waals surface area contributed by atoms with Crippen molar-refractivity contribution in [1.29, 1.82) is 0 Å². The second-order valence-corrected chi connectivity index (χ2v) is 9.71. The Morgan fingerprint density at radius 2 is 2.03 bits per heavy atom. The minimum Gasteiger partial charge on any atom is -0.309 e. The third kappa shape index (κ3) is 3.91. The highest BCUT2D eigenvalue weighted by Gasteiger charge is 2.17. The van der Waals surface area contributed by atoms with Crippen LogP contribution in [0.25, 0.3) is 21.1 Å². The molecule has 4 rings (SSSR count). The summed E-state index contributed by atoms with van der Waals surface area (Å²) in [5.74, 6) is 0.941. The highest BCUT2D eigenvalue weighted by atomic mass is 35.5. The Morgan fingerprint density at radius 1 is 1.23 bits per heavy atom. The van der Waals surface area contributed by atoms with Crippen LogP contribution in [-0.2, 0) is 12.3 Å². The van der Waals surface area contributed by atoms with Crippen LogP contribution in [0, 0.1) is 13.8 Å². The Balaban J connectivity index is 1.73. The normalized spacial score (nSPS) is 11.6. The van der Waals surface area contributed by atoms with Crippen molar-refractivity contribution in [3.05, 3.63) is 60.2 Å². The van der Waals surface area contributed by atoms with Gasteiger partial charge in [0.25, 0.3) is 11.1 Å². The van der Waals surface area contributed by atoms with Crippen molar-refractivity contribution < 1.29 is 0 Å². The zero-order chi connectivity index (χ0) is 21.4. The molecule has 1 aromatic carbocycles. The van der Waals surface area contributed by atoms with Crippen LogP contribution in [0.15, 0.2) is 32.9 Å². The highest BCUT2D eigenvalue weighted by Crippen LogP contribution is 2.29. The Hall–Kier alpha value is -2.16. The van der Waals surface area contributed by atoms with E-state index in [1.54, 1.807) is 34.1 Å². The first-order valence-corrected chi connectivity index (χ1v) is 11.9. The van der Waals surface area contributed by atoms with E-state index in [-0.39, 0.29) is 11.1 Å². The Bertz CT molecular complexity index is 1370. The van der Waals surface area contributed by atoms with Gasteiger partial charge in [-0.2, -0.15) is 0 Å².